The summed E-state index contributed by atoms with van der Waals surface area (Å²) in [5.74, 6) is -0.0562. The van der Waals surface area contributed by atoms with Gasteiger partial charge in [0, 0.05) is 11.1 Å². The monoisotopic (exact) mass is 318 g/mol. The van der Waals surface area contributed by atoms with Crippen molar-refractivity contribution in [3.8, 4) is 0 Å². The van der Waals surface area contributed by atoms with E-state index in [1.807, 2.05) is 42.5 Å². The van der Waals surface area contributed by atoms with Gasteiger partial charge < -0.3 is 5.32 Å². The summed E-state index contributed by atoms with van der Waals surface area (Å²) >= 11 is 0. The number of para-hydroxylation sites is 2. The summed E-state index contributed by atoms with van der Waals surface area (Å²) in [5.41, 5.74) is 3.54. The van der Waals surface area contributed by atoms with E-state index in [2.05, 4.69) is 17.4 Å². The minimum Gasteiger partial charge on any atom is -0.321 e. The lowest BCUT2D eigenvalue weighted by Crippen LogP contribution is -2.40. The summed E-state index contributed by atoms with van der Waals surface area (Å²) in [6.45, 7) is 0. The van der Waals surface area contributed by atoms with Crippen LogP contribution < -0.4 is 5.32 Å². The first kappa shape index (κ1) is 15.1. The Morgan fingerprint density at radius 1 is 0.875 bits per heavy atom. The van der Waals surface area contributed by atoms with Crippen molar-refractivity contribution < 1.29 is 4.79 Å². The predicted molar refractivity (Wildman–Crippen MR) is 98.0 cm³/mol. The second-order valence-electron chi connectivity index (χ2n) is 6.79. The highest BCUT2D eigenvalue weighted by Gasteiger charge is 2.46. The van der Waals surface area contributed by atoms with Gasteiger partial charge in [0.15, 0.2) is 0 Å². The van der Waals surface area contributed by atoms with Crippen LogP contribution in [0.1, 0.15) is 44.1 Å². The zero-order valence-corrected chi connectivity index (χ0v) is 13.8. The fourth-order valence-corrected chi connectivity index (χ4v) is 4.15. The number of rotatable bonds is 2. The van der Waals surface area contributed by atoms with Crippen molar-refractivity contribution in [2.45, 2.75) is 43.9 Å². The number of nitrogens with zero attached hydrogens (tertiary/aromatic N) is 1. The van der Waals surface area contributed by atoms with Crippen LogP contribution in [0.4, 0.5) is 11.4 Å². The third kappa shape index (κ3) is 2.54. The maximum atomic E-state index is 13.0. The molecule has 122 valence electrons. The molecule has 1 spiro atoms. The molecule has 1 aliphatic heterocycles. The Morgan fingerprint density at radius 3 is 2.29 bits per heavy atom. The van der Waals surface area contributed by atoms with Gasteiger partial charge in [0.1, 0.15) is 5.71 Å². The number of amides is 1. The van der Waals surface area contributed by atoms with Crippen LogP contribution in [-0.2, 0) is 10.2 Å². The molecule has 1 saturated carbocycles. The van der Waals surface area contributed by atoms with Crippen LogP contribution in [0.25, 0.3) is 0 Å². The Kier molecular flexibility index (Phi) is 3.93. The smallest absolute Gasteiger partial charge is 0.271 e. The fourth-order valence-electron chi connectivity index (χ4n) is 4.15. The molecule has 0 aromatic heterocycles. The second kappa shape index (κ2) is 6.23. The first-order valence-corrected chi connectivity index (χ1v) is 8.85. The molecule has 2 aromatic carbocycles. The maximum absolute atomic E-state index is 13.0. The minimum atomic E-state index is -0.202. The number of carbonyl (C=O) groups is 1. The fraction of sp³-hybridized carbons (Fsp3) is 0.333. The molecule has 0 radical (unpaired) electrons. The molecule has 3 nitrogen and oxygen atoms in total. The molecule has 2 aromatic rings. The zero-order chi connectivity index (χ0) is 16.4. The van der Waals surface area contributed by atoms with Crippen LogP contribution in [0.2, 0.25) is 0 Å². The van der Waals surface area contributed by atoms with Gasteiger partial charge in [-0.25, -0.2) is 4.99 Å². The quantitative estimate of drug-likeness (QED) is 0.831. The predicted octanol–water partition coefficient (Wildman–Crippen LogP) is 5.00. The van der Waals surface area contributed by atoms with Gasteiger partial charge in [0.05, 0.1) is 5.69 Å². The van der Waals surface area contributed by atoms with Crippen LogP contribution in [0.5, 0.6) is 0 Å². The lowest BCUT2D eigenvalue weighted by Gasteiger charge is -2.30. The van der Waals surface area contributed by atoms with Crippen molar-refractivity contribution in [2.75, 3.05) is 5.32 Å². The van der Waals surface area contributed by atoms with E-state index < -0.39 is 0 Å². The van der Waals surface area contributed by atoms with Crippen molar-refractivity contribution >= 4 is 23.0 Å². The Bertz CT molecular complexity index is 771. The van der Waals surface area contributed by atoms with Gasteiger partial charge >= 0.3 is 0 Å². The average molecular weight is 318 g/mol. The molecule has 0 saturated heterocycles. The van der Waals surface area contributed by atoms with Gasteiger partial charge in [-0.3, -0.25) is 4.79 Å². The topological polar surface area (TPSA) is 41.5 Å². The van der Waals surface area contributed by atoms with Crippen LogP contribution in [0.3, 0.4) is 0 Å². The van der Waals surface area contributed by atoms with Crippen molar-refractivity contribution in [2.24, 2.45) is 4.99 Å². The molecule has 4 rings (SSSR count). The van der Waals surface area contributed by atoms with E-state index in [4.69, 9.17) is 4.99 Å². The summed E-state index contributed by atoms with van der Waals surface area (Å²) in [6, 6.07) is 17.9. The Morgan fingerprint density at radius 2 is 1.54 bits per heavy atom. The third-order valence-electron chi connectivity index (χ3n) is 5.31. The van der Waals surface area contributed by atoms with E-state index in [9.17, 15) is 4.79 Å². The second-order valence-corrected chi connectivity index (χ2v) is 6.79. The molecule has 3 heteroatoms. The molecule has 1 heterocycles. The number of anilines is 1. The molecule has 1 amide bonds. The summed E-state index contributed by atoms with van der Waals surface area (Å²) < 4.78 is 0. The summed E-state index contributed by atoms with van der Waals surface area (Å²) in [5, 5.41) is 3.04. The van der Waals surface area contributed by atoms with E-state index >= 15 is 0 Å². The van der Waals surface area contributed by atoms with E-state index in [0.29, 0.717) is 5.71 Å². The number of fused-ring (bicyclic) bond motifs is 2. The number of aliphatic imine (C=N–C) groups is 1. The number of hydrogen-bond donors (Lipinski definition) is 1. The number of carbonyl (C=O) groups excluding carboxylic acids is 1. The van der Waals surface area contributed by atoms with Crippen molar-refractivity contribution in [1.29, 1.82) is 0 Å². The lowest BCUT2D eigenvalue weighted by atomic mass is 9.71. The molecule has 0 atom stereocenters. The van der Waals surface area contributed by atoms with E-state index in [-0.39, 0.29) is 11.3 Å². The van der Waals surface area contributed by atoms with Crippen molar-refractivity contribution in [1.82, 2.24) is 0 Å². The maximum Gasteiger partial charge on any atom is 0.271 e. The molecule has 2 aliphatic rings. The van der Waals surface area contributed by atoms with Crippen LogP contribution >= 0.6 is 0 Å². The van der Waals surface area contributed by atoms with Gasteiger partial charge in [-0.2, -0.15) is 0 Å². The molecule has 1 aliphatic carbocycles. The van der Waals surface area contributed by atoms with Crippen molar-refractivity contribution in [3.05, 3.63) is 60.2 Å². The first-order chi connectivity index (χ1) is 11.8. The minimum absolute atomic E-state index is 0.0562. The standard InChI is InChI=1S/C21H22N2O/c24-20(22-16-10-4-3-5-11-16)19-21(14-8-1-2-9-15-21)17-12-6-7-13-18(17)23-19/h3-7,10-13H,1-2,8-9,14-15H2,(H,22,24). The molecule has 0 unspecified atom stereocenters. The average Bonchev–Trinajstić information content (AvgIpc) is 2.76. The molecular weight excluding hydrogens is 296 g/mol. The highest BCUT2D eigenvalue weighted by molar-refractivity contribution is 6.47. The van der Waals surface area contributed by atoms with E-state index in [0.717, 1.165) is 37.1 Å². The van der Waals surface area contributed by atoms with Gasteiger partial charge in [0.25, 0.3) is 5.91 Å². The van der Waals surface area contributed by atoms with Gasteiger partial charge in [-0.05, 0) is 36.6 Å². The highest BCUT2D eigenvalue weighted by atomic mass is 16.2. The third-order valence-corrected chi connectivity index (χ3v) is 5.31. The Balaban J connectivity index is 1.72. The Labute approximate surface area is 142 Å². The van der Waals surface area contributed by atoms with Crippen LogP contribution in [-0.4, -0.2) is 11.6 Å². The SMILES string of the molecule is O=C(Nc1ccccc1)C1=Nc2ccccc2C12CCCCCC2. The van der Waals surface area contributed by atoms with E-state index in [1.165, 1.54) is 18.4 Å². The molecule has 1 fully saturated rings. The summed E-state index contributed by atoms with van der Waals surface area (Å²) in [6.07, 6.45) is 6.85. The van der Waals surface area contributed by atoms with Crippen LogP contribution in [0, 0.1) is 0 Å². The molecule has 24 heavy (non-hydrogen) atoms. The lowest BCUT2D eigenvalue weighted by molar-refractivity contribution is -0.110. The van der Waals surface area contributed by atoms with E-state index in [1.54, 1.807) is 0 Å². The van der Waals surface area contributed by atoms with Crippen molar-refractivity contribution in [3.63, 3.8) is 0 Å². The number of nitrogens with one attached hydrogen (secondary N) is 1. The zero-order valence-electron chi connectivity index (χ0n) is 13.8. The molecule has 0 bridgehead atoms. The first-order valence-electron chi connectivity index (χ1n) is 8.85. The number of benzene rings is 2. The van der Waals surface area contributed by atoms with Gasteiger partial charge in [-0.1, -0.05) is 62.1 Å². The van der Waals surface area contributed by atoms with Gasteiger partial charge in [0.2, 0.25) is 0 Å². The molecule has 1 N–H and O–H groups in total. The normalized spacial score (nSPS) is 18.6. The number of hydrogen-bond acceptors (Lipinski definition) is 2. The summed E-state index contributed by atoms with van der Waals surface area (Å²) in [7, 11) is 0. The Hall–Kier alpha value is -2.42. The molecular formula is C21H22N2O. The van der Waals surface area contributed by atoms with Crippen LogP contribution in [0.15, 0.2) is 59.6 Å². The summed E-state index contributed by atoms with van der Waals surface area (Å²) in [4.78, 5) is 17.8. The largest absolute Gasteiger partial charge is 0.321 e. The van der Waals surface area contributed by atoms with Gasteiger partial charge in [-0.15, -0.1) is 0 Å². The highest BCUT2D eigenvalue weighted by Crippen LogP contribution is 2.48.